The molecule has 19 heavy (non-hydrogen) atoms. The van der Waals surface area contributed by atoms with Gasteiger partial charge in [-0.1, -0.05) is 0 Å². The molecule has 0 amide bonds. The molecule has 6 heteroatoms. The van der Waals surface area contributed by atoms with Crippen molar-refractivity contribution in [1.82, 2.24) is 0 Å². The molecule has 1 fully saturated rings. The standard InChI is InChI=1S/C13H21BO5/c1-12(2,15)13(3,4)19-14-10-7-9(8-18-10)11-16-5-6-17-11/h7-8,11,14-15H,5-6H2,1-4H3. The van der Waals surface area contributed by atoms with E-state index in [-0.39, 0.29) is 6.29 Å². The van der Waals surface area contributed by atoms with Gasteiger partial charge in [-0.25, -0.2) is 0 Å². The van der Waals surface area contributed by atoms with E-state index in [9.17, 15) is 5.11 Å². The lowest BCUT2D eigenvalue weighted by Gasteiger charge is -2.37. The van der Waals surface area contributed by atoms with Crippen LogP contribution in [0.3, 0.4) is 0 Å². The average molecular weight is 268 g/mol. The topological polar surface area (TPSA) is 61.1 Å². The summed E-state index contributed by atoms with van der Waals surface area (Å²) >= 11 is 0. The van der Waals surface area contributed by atoms with Crippen LogP contribution in [-0.4, -0.2) is 37.0 Å². The van der Waals surface area contributed by atoms with Gasteiger partial charge in [0.2, 0.25) is 0 Å². The maximum atomic E-state index is 10.0. The smallest absolute Gasteiger partial charge is 0.350 e. The van der Waals surface area contributed by atoms with Gasteiger partial charge < -0.3 is 23.7 Å². The number of furan rings is 1. The SMILES string of the molecule is CC(C)(O)C(C)(C)OBc1cc(C2OCCO2)co1. The van der Waals surface area contributed by atoms with Gasteiger partial charge in [0, 0.05) is 5.56 Å². The van der Waals surface area contributed by atoms with Crippen molar-refractivity contribution >= 4 is 13.1 Å². The van der Waals surface area contributed by atoms with Crippen molar-refractivity contribution in [3.63, 3.8) is 0 Å². The normalized spacial score (nSPS) is 17.9. The molecule has 0 atom stereocenters. The highest BCUT2D eigenvalue weighted by molar-refractivity contribution is 6.45. The van der Waals surface area contributed by atoms with E-state index in [1.165, 1.54) is 0 Å². The predicted octanol–water partition coefficient (Wildman–Crippen LogP) is 0.868. The first-order chi connectivity index (χ1) is 8.79. The number of hydrogen-bond acceptors (Lipinski definition) is 5. The van der Waals surface area contributed by atoms with Crippen LogP contribution in [0.5, 0.6) is 0 Å². The molecule has 1 aromatic rings. The van der Waals surface area contributed by atoms with Crippen LogP contribution in [0.2, 0.25) is 0 Å². The van der Waals surface area contributed by atoms with E-state index in [1.807, 2.05) is 19.9 Å². The Morgan fingerprint density at radius 1 is 1.26 bits per heavy atom. The third-order valence-corrected chi connectivity index (χ3v) is 3.62. The molecule has 0 aliphatic carbocycles. The van der Waals surface area contributed by atoms with Crippen molar-refractivity contribution in [2.75, 3.05) is 13.2 Å². The van der Waals surface area contributed by atoms with Crippen molar-refractivity contribution in [2.45, 2.75) is 45.2 Å². The zero-order chi connectivity index (χ0) is 14.1. The molecule has 0 bridgehead atoms. The number of aliphatic hydroxyl groups is 1. The number of hydrogen-bond donors (Lipinski definition) is 1. The molecule has 0 saturated carbocycles. The summed E-state index contributed by atoms with van der Waals surface area (Å²) in [7, 11) is 0.295. The van der Waals surface area contributed by atoms with Crippen LogP contribution in [0.15, 0.2) is 16.7 Å². The highest BCUT2D eigenvalue weighted by Gasteiger charge is 2.36. The Hall–Kier alpha value is -0.815. The van der Waals surface area contributed by atoms with Gasteiger partial charge in [-0.2, -0.15) is 0 Å². The van der Waals surface area contributed by atoms with Crippen molar-refractivity contribution in [3.8, 4) is 0 Å². The van der Waals surface area contributed by atoms with E-state index < -0.39 is 11.2 Å². The molecule has 1 aliphatic heterocycles. The quantitative estimate of drug-likeness (QED) is 0.803. The minimum atomic E-state index is -0.930. The zero-order valence-corrected chi connectivity index (χ0v) is 11.9. The summed E-state index contributed by atoms with van der Waals surface area (Å²) in [6, 6.07) is 1.86. The second-order valence-corrected chi connectivity index (χ2v) is 5.78. The molecular weight excluding hydrogens is 247 g/mol. The van der Waals surface area contributed by atoms with Gasteiger partial charge in [0.1, 0.15) is 0 Å². The lowest BCUT2D eigenvalue weighted by Crippen LogP contribution is -2.49. The van der Waals surface area contributed by atoms with E-state index in [4.69, 9.17) is 18.5 Å². The third-order valence-electron chi connectivity index (χ3n) is 3.62. The van der Waals surface area contributed by atoms with Crippen LogP contribution in [-0.2, 0) is 14.1 Å². The first-order valence-electron chi connectivity index (χ1n) is 6.46. The van der Waals surface area contributed by atoms with Gasteiger partial charge in [0.05, 0.1) is 36.3 Å². The molecule has 2 rings (SSSR count). The number of ether oxygens (including phenoxy) is 2. The van der Waals surface area contributed by atoms with Gasteiger partial charge in [0.15, 0.2) is 6.29 Å². The Kier molecular flexibility index (Phi) is 4.06. The van der Waals surface area contributed by atoms with E-state index >= 15 is 0 Å². The van der Waals surface area contributed by atoms with E-state index in [1.54, 1.807) is 20.1 Å². The van der Waals surface area contributed by atoms with E-state index in [0.29, 0.717) is 26.4 Å². The maximum absolute atomic E-state index is 10.0. The monoisotopic (exact) mass is 268 g/mol. The Morgan fingerprint density at radius 2 is 1.89 bits per heavy atom. The first-order valence-corrected chi connectivity index (χ1v) is 6.46. The Labute approximate surface area is 114 Å². The molecule has 1 N–H and O–H groups in total. The fraction of sp³-hybridized carbons (Fsp3) is 0.692. The minimum Gasteiger partial charge on any atom is -0.476 e. The molecule has 0 aromatic carbocycles. The zero-order valence-electron chi connectivity index (χ0n) is 11.9. The second-order valence-electron chi connectivity index (χ2n) is 5.78. The molecule has 0 radical (unpaired) electrons. The molecule has 2 heterocycles. The molecular formula is C13H21BO5. The van der Waals surface area contributed by atoms with Crippen molar-refractivity contribution in [2.24, 2.45) is 0 Å². The second kappa shape index (κ2) is 5.29. The van der Waals surface area contributed by atoms with E-state index in [0.717, 1.165) is 5.56 Å². The van der Waals surface area contributed by atoms with Crippen LogP contribution in [0, 0.1) is 0 Å². The van der Waals surface area contributed by atoms with Gasteiger partial charge in [-0.15, -0.1) is 0 Å². The summed E-state index contributed by atoms with van der Waals surface area (Å²) in [4.78, 5) is 0. The van der Waals surface area contributed by atoms with Crippen LogP contribution >= 0.6 is 0 Å². The fourth-order valence-electron chi connectivity index (χ4n) is 1.58. The third kappa shape index (κ3) is 3.39. The molecule has 0 spiro atoms. The Morgan fingerprint density at radius 3 is 2.47 bits per heavy atom. The molecule has 5 nitrogen and oxygen atoms in total. The average Bonchev–Trinajstić information content (AvgIpc) is 2.96. The fourth-order valence-corrected chi connectivity index (χ4v) is 1.58. The molecule has 1 aromatic heterocycles. The molecule has 1 aliphatic rings. The summed E-state index contributed by atoms with van der Waals surface area (Å²) in [6.45, 7) is 8.35. The van der Waals surface area contributed by atoms with Crippen LogP contribution < -0.4 is 5.66 Å². The maximum Gasteiger partial charge on any atom is 0.350 e. The van der Waals surface area contributed by atoms with Crippen molar-refractivity contribution < 1.29 is 23.7 Å². The minimum absolute atomic E-state index is 0.295. The van der Waals surface area contributed by atoms with Crippen molar-refractivity contribution in [1.29, 1.82) is 0 Å². The highest BCUT2D eigenvalue weighted by atomic mass is 16.7. The Balaban J connectivity index is 1.93. The molecule has 0 unspecified atom stereocenters. The van der Waals surface area contributed by atoms with E-state index in [2.05, 4.69) is 0 Å². The summed E-state index contributed by atoms with van der Waals surface area (Å²) < 4.78 is 21.9. The van der Waals surface area contributed by atoms with Gasteiger partial charge in [-0.05, 0) is 33.8 Å². The van der Waals surface area contributed by atoms with Gasteiger partial charge in [0.25, 0.3) is 0 Å². The summed E-state index contributed by atoms with van der Waals surface area (Å²) in [6.07, 6.45) is 1.28. The first kappa shape index (κ1) is 14.6. The molecule has 1 saturated heterocycles. The van der Waals surface area contributed by atoms with Crippen LogP contribution in [0.1, 0.15) is 39.5 Å². The summed E-state index contributed by atoms with van der Waals surface area (Å²) in [5, 5.41) is 10.0. The van der Waals surface area contributed by atoms with Crippen molar-refractivity contribution in [3.05, 3.63) is 17.9 Å². The lowest BCUT2D eigenvalue weighted by molar-refractivity contribution is -0.0895. The summed E-state index contributed by atoms with van der Waals surface area (Å²) in [5.41, 5.74) is -0.0518. The van der Waals surface area contributed by atoms with Crippen LogP contribution in [0.25, 0.3) is 0 Å². The Bertz CT molecular complexity index is 415. The van der Waals surface area contributed by atoms with Gasteiger partial charge >= 0.3 is 7.48 Å². The predicted molar refractivity (Wildman–Crippen MR) is 71.6 cm³/mol. The largest absolute Gasteiger partial charge is 0.476 e. The highest BCUT2D eigenvalue weighted by Crippen LogP contribution is 2.25. The summed E-state index contributed by atoms with van der Waals surface area (Å²) in [5.74, 6) is 0. The lowest BCUT2D eigenvalue weighted by atomic mass is 9.85. The van der Waals surface area contributed by atoms with Crippen LogP contribution in [0.4, 0.5) is 0 Å². The van der Waals surface area contributed by atoms with Gasteiger partial charge in [-0.3, -0.25) is 0 Å². The molecule has 106 valence electrons. The number of rotatable bonds is 5.